The van der Waals surface area contributed by atoms with Crippen LogP contribution in [0, 0.1) is 12.7 Å². The van der Waals surface area contributed by atoms with Crippen LogP contribution < -0.4 is 15.5 Å². The van der Waals surface area contributed by atoms with Crippen LogP contribution in [0.5, 0.6) is 0 Å². The number of aliphatic imine (C=N–C) groups is 1. The van der Waals surface area contributed by atoms with Gasteiger partial charge in [-0.2, -0.15) is 0 Å². The average molecular weight is 542 g/mol. The molecule has 0 amide bonds. The molecule has 170 valence electrons. The summed E-state index contributed by atoms with van der Waals surface area (Å²) in [7, 11) is 1.78. The molecule has 2 N–H and O–H groups in total. The van der Waals surface area contributed by atoms with E-state index in [9.17, 15) is 4.39 Å². The lowest BCUT2D eigenvalue weighted by atomic mass is 10.2. The number of halogens is 2. The monoisotopic (exact) mass is 542 g/mol. The summed E-state index contributed by atoms with van der Waals surface area (Å²) in [6.45, 7) is 6.34. The zero-order valence-electron chi connectivity index (χ0n) is 18.2. The third kappa shape index (κ3) is 5.88. The van der Waals surface area contributed by atoms with Crippen molar-refractivity contribution in [2.24, 2.45) is 4.99 Å². The maximum atomic E-state index is 14.0. The predicted molar refractivity (Wildman–Crippen MR) is 132 cm³/mol. The van der Waals surface area contributed by atoms with Crippen LogP contribution in [-0.2, 0) is 0 Å². The Morgan fingerprint density at radius 1 is 1.29 bits per heavy atom. The molecule has 2 unspecified atom stereocenters. The van der Waals surface area contributed by atoms with Gasteiger partial charge >= 0.3 is 0 Å². The van der Waals surface area contributed by atoms with Crippen LogP contribution in [0.3, 0.4) is 0 Å². The Bertz CT molecular complexity index is 869. The van der Waals surface area contributed by atoms with Gasteiger partial charge in [-0.1, -0.05) is 0 Å². The fourth-order valence-electron chi connectivity index (χ4n) is 4.36. The SMILES string of the molecule is CN=C(NCC(c1ccc(C)o1)N1CCCC1)NC1CCN(c2ncccc2F)C1.I. The van der Waals surface area contributed by atoms with Crippen molar-refractivity contribution in [3.63, 3.8) is 0 Å². The normalized spacial score (nSPS) is 20.5. The van der Waals surface area contributed by atoms with Crippen LogP contribution in [0.15, 0.2) is 39.9 Å². The van der Waals surface area contributed by atoms with E-state index in [1.165, 1.54) is 18.9 Å². The maximum absolute atomic E-state index is 14.0. The highest BCUT2D eigenvalue weighted by Crippen LogP contribution is 2.26. The number of aryl methyl sites for hydroxylation is 1. The van der Waals surface area contributed by atoms with E-state index in [2.05, 4.69) is 31.6 Å². The second kappa shape index (κ2) is 11.1. The number of hydrogen-bond donors (Lipinski definition) is 2. The van der Waals surface area contributed by atoms with Crippen molar-refractivity contribution in [1.82, 2.24) is 20.5 Å². The van der Waals surface area contributed by atoms with Crippen molar-refractivity contribution in [3.05, 3.63) is 47.8 Å². The summed E-state index contributed by atoms with van der Waals surface area (Å²) in [5.74, 6) is 2.84. The van der Waals surface area contributed by atoms with Gasteiger partial charge in [-0.15, -0.1) is 24.0 Å². The Kier molecular flexibility index (Phi) is 8.53. The molecule has 31 heavy (non-hydrogen) atoms. The van der Waals surface area contributed by atoms with Crippen LogP contribution in [0.4, 0.5) is 10.2 Å². The van der Waals surface area contributed by atoms with Crippen LogP contribution in [0.1, 0.15) is 36.8 Å². The first-order chi connectivity index (χ1) is 14.6. The van der Waals surface area contributed by atoms with E-state index in [1.54, 1.807) is 19.3 Å². The van der Waals surface area contributed by atoms with E-state index < -0.39 is 0 Å². The van der Waals surface area contributed by atoms with Gasteiger partial charge in [-0.05, 0) is 63.5 Å². The molecule has 2 aliphatic rings. The molecule has 2 aliphatic heterocycles. The number of likely N-dealkylation sites (tertiary alicyclic amines) is 1. The van der Waals surface area contributed by atoms with Gasteiger partial charge in [0.25, 0.3) is 0 Å². The molecule has 4 rings (SSSR count). The predicted octanol–water partition coefficient (Wildman–Crippen LogP) is 3.32. The molecule has 0 saturated carbocycles. The van der Waals surface area contributed by atoms with E-state index in [0.717, 1.165) is 50.1 Å². The van der Waals surface area contributed by atoms with Gasteiger partial charge in [0, 0.05) is 38.9 Å². The summed E-state index contributed by atoms with van der Waals surface area (Å²) >= 11 is 0. The van der Waals surface area contributed by atoms with Crippen molar-refractivity contribution in [3.8, 4) is 0 Å². The lowest BCUT2D eigenvalue weighted by Gasteiger charge is -2.27. The number of anilines is 1. The lowest BCUT2D eigenvalue weighted by molar-refractivity contribution is 0.213. The minimum absolute atomic E-state index is 0. The summed E-state index contributed by atoms with van der Waals surface area (Å²) in [5.41, 5.74) is 0. The summed E-state index contributed by atoms with van der Waals surface area (Å²) in [5, 5.41) is 6.96. The quantitative estimate of drug-likeness (QED) is 0.332. The first-order valence-electron chi connectivity index (χ1n) is 10.8. The summed E-state index contributed by atoms with van der Waals surface area (Å²) in [4.78, 5) is 13.1. The standard InChI is InChI=1S/C22H31FN6O.HI/c1-16-7-8-20(30-16)19(28-11-3-4-12-28)14-26-22(24-2)27-17-9-13-29(15-17)21-18(23)6-5-10-25-21;/h5-8,10,17,19H,3-4,9,11-15H2,1-2H3,(H2,24,26,27);1H. The van der Waals surface area contributed by atoms with Crippen molar-refractivity contribution in [2.75, 3.05) is 44.7 Å². The third-order valence-electron chi connectivity index (χ3n) is 5.93. The largest absolute Gasteiger partial charge is 0.465 e. The molecule has 0 aliphatic carbocycles. The number of pyridine rings is 1. The van der Waals surface area contributed by atoms with Gasteiger partial charge in [-0.3, -0.25) is 9.89 Å². The number of furan rings is 1. The fraction of sp³-hybridized carbons (Fsp3) is 0.545. The Balaban J connectivity index is 0.00000272. The van der Waals surface area contributed by atoms with E-state index in [4.69, 9.17) is 4.42 Å². The molecular formula is C22H32FIN6O. The smallest absolute Gasteiger partial charge is 0.191 e. The van der Waals surface area contributed by atoms with Gasteiger partial charge in [0.05, 0.1) is 6.04 Å². The highest BCUT2D eigenvalue weighted by Gasteiger charge is 2.28. The molecule has 2 atom stereocenters. The van der Waals surface area contributed by atoms with Gasteiger partial charge < -0.3 is 20.0 Å². The van der Waals surface area contributed by atoms with Crippen LogP contribution in [0.25, 0.3) is 0 Å². The van der Waals surface area contributed by atoms with Gasteiger partial charge in [0.2, 0.25) is 0 Å². The van der Waals surface area contributed by atoms with Crippen LogP contribution >= 0.6 is 24.0 Å². The van der Waals surface area contributed by atoms with Crippen LogP contribution in [0.2, 0.25) is 0 Å². The number of hydrogen-bond acceptors (Lipinski definition) is 5. The molecule has 4 heterocycles. The van der Waals surface area contributed by atoms with E-state index in [1.807, 2.05) is 17.9 Å². The molecule has 2 saturated heterocycles. The Labute approximate surface area is 200 Å². The molecule has 0 aromatic carbocycles. The van der Waals surface area contributed by atoms with Crippen molar-refractivity contribution in [1.29, 1.82) is 0 Å². The summed E-state index contributed by atoms with van der Waals surface area (Å²) < 4.78 is 20.0. The molecular weight excluding hydrogens is 510 g/mol. The van der Waals surface area contributed by atoms with E-state index in [-0.39, 0.29) is 41.9 Å². The van der Waals surface area contributed by atoms with Gasteiger partial charge in [0.15, 0.2) is 17.6 Å². The van der Waals surface area contributed by atoms with Crippen molar-refractivity contribution < 1.29 is 8.81 Å². The van der Waals surface area contributed by atoms with Crippen LogP contribution in [-0.4, -0.2) is 61.7 Å². The van der Waals surface area contributed by atoms with Crippen molar-refractivity contribution >= 4 is 35.8 Å². The minimum Gasteiger partial charge on any atom is -0.465 e. The first kappa shape index (κ1) is 23.8. The Morgan fingerprint density at radius 2 is 2.10 bits per heavy atom. The minimum atomic E-state index is -0.275. The first-order valence-corrected chi connectivity index (χ1v) is 10.8. The molecule has 2 aromatic heterocycles. The summed E-state index contributed by atoms with van der Waals surface area (Å²) in [6.07, 6.45) is 4.99. The Morgan fingerprint density at radius 3 is 2.77 bits per heavy atom. The van der Waals surface area contributed by atoms with E-state index >= 15 is 0 Å². The molecule has 2 aromatic rings. The number of nitrogens with one attached hydrogen (secondary N) is 2. The number of aromatic nitrogens is 1. The Hall–Kier alpha value is -1.88. The number of nitrogens with zero attached hydrogens (tertiary/aromatic N) is 4. The number of rotatable bonds is 6. The zero-order valence-corrected chi connectivity index (χ0v) is 20.5. The molecule has 2 fully saturated rings. The highest BCUT2D eigenvalue weighted by molar-refractivity contribution is 14.0. The molecule has 0 bridgehead atoms. The number of guanidine groups is 1. The lowest BCUT2D eigenvalue weighted by Crippen LogP contribution is -2.47. The average Bonchev–Trinajstić information content (AvgIpc) is 3.50. The van der Waals surface area contributed by atoms with E-state index in [0.29, 0.717) is 12.4 Å². The molecule has 7 nitrogen and oxygen atoms in total. The second-order valence-corrected chi connectivity index (χ2v) is 8.05. The van der Waals surface area contributed by atoms with Gasteiger partial charge in [-0.25, -0.2) is 9.37 Å². The maximum Gasteiger partial charge on any atom is 0.191 e. The summed E-state index contributed by atoms with van der Waals surface area (Å²) in [6, 6.07) is 7.55. The second-order valence-electron chi connectivity index (χ2n) is 8.05. The molecule has 9 heteroatoms. The topological polar surface area (TPSA) is 68.9 Å². The molecule has 0 spiro atoms. The zero-order chi connectivity index (χ0) is 20.9. The third-order valence-corrected chi connectivity index (χ3v) is 5.93. The molecule has 0 radical (unpaired) electrons. The van der Waals surface area contributed by atoms with Gasteiger partial charge in [0.1, 0.15) is 11.5 Å². The highest BCUT2D eigenvalue weighted by atomic mass is 127. The fourth-order valence-corrected chi connectivity index (χ4v) is 4.36. The van der Waals surface area contributed by atoms with Crippen molar-refractivity contribution in [2.45, 2.75) is 38.3 Å².